The molecule has 0 saturated carbocycles. The molecule has 0 amide bonds. The first-order valence-corrected chi connectivity index (χ1v) is 8.56. The van der Waals surface area contributed by atoms with Gasteiger partial charge in [0.2, 0.25) is 0 Å². The Balaban J connectivity index is 3.27. The van der Waals surface area contributed by atoms with E-state index in [-0.39, 0.29) is 6.10 Å². The second-order valence-electron chi connectivity index (χ2n) is 5.89. The highest BCUT2D eigenvalue weighted by atomic mass is 16.5. The molecular formula is C23H30O. The number of rotatable bonds is 8. The first-order chi connectivity index (χ1) is 11.6. The van der Waals surface area contributed by atoms with Gasteiger partial charge in [0.05, 0.1) is 6.10 Å². The molecule has 1 nitrogen and oxygen atoms in total. The summed E-state index contributed by atoms with van der Waals surface area (Å²) in [6.45, 7) is 19.8. The van der Waals surface area contributed by atoms with Gasteiger partial charge in [-0.1, -0.05) is 88.8 Å². The predicted molar refractivity (Wildman–Crippen MR) is 107 cm³/mol. The average molecular weight is 322 g/mol. The number of ether oxygens (including phenoxy) is 1. The molecule has 0 bridgehead atoms. The minimum Gasteiger partial charge on any atom is -0.490 e. The van der Waals surface area contributed by atoms with Crippen molar-refractivity contribution in [2.24, 2.45) is 11.8 Å². The number of allylic oxidation sites excluding steroid dienone is 11. The van der Waals surface area contributed by atoms with Crippen LogP contribution in [0.5, 0.6) is 0 Å². The van der Waals surface area contributed by atoms with Crippen LogP contribution in [0.25, 0.3) is 0 Å². The molecule has 1 saturated heterocycles. The van der Waals surface area contributed by atoms with Gasteiger partial charge < -0.3 is 4.74 Å². The molecule has 24 heavy (non-hydrogen) atoms. The van der Waals surface area contributed by atoms with E-state index in [1.807, 2.05) is 30.4 Å². The van der Waals surface area contributed by atoms with E-state index in [1.165, 1.54) is 11.1 Å². The Morgan fingerprint density at radius 3 is 2.38 bits per heavy atom. The van der Waals surface area contributed by atoms with Crippen molar-refractivity contribution in [3.8, 4) is 0 Å². The van der Waals surface area contributed by atoms with Crippen LogP contribution in [0.15, 0.2) is 97.9 Å². The van der Waals surface area contributed by atoms with Gasteiger partial charge in [-0.05, 0) is 41.9 Å². The molecule has 0 aromatic carbocycles. The first kappa shape index (κ1) is 19.8. The molecule has 0 spiro atoms. The van der Waals surface area contributed by atoms with Crippen LogP contribution in [0.2, 0.25) is 0 Å². The fraction of sp³-hybridized carbons (Fsp3) is 0.304. The smallest absolute Gasteiger partial charge is 0.123 e. The van der Waals surface area contributed by atoms with Crippen LogP contribution in [0.4, 0.5) is 0 Å². The summed E-state index contributed by atoms with van der Waals surface area (Å²) in [5.41, 5.74) is 2.39. The summed E-state index contributed by atoms with van der Waals surface area (Å²) in [5.74, 6) is 1.59. The molecule has 0 aromatic rings. The lowest BCUT2D eigenvalue weighted by molar-refractivity contribution is 0.0636. The highest BCUT2D eigenvalue weighted by Crippen LogP contribution is 2.41. The fourth-order valence-corrected chi connectivity index (χ4v) is 3.07. The summed E-state index contributed by atoms with van der Waals surface area (Å²) >= 11 is 0. The largest absolute Gasteiger partial charge is 0.490 e. The van der Waals surface area contributed by atoms with Crippen LogP contribution >= 0.6 is 0 Å². The van der Waals surface area contributed by atoms with Gasteiger partial charge in [-0.3, -0.25) is 0 Å². The molecule has 1 rings (SSSR count). The second-order valence-corrected chi connectivity index (χ2v) is 5.89. The zero-order valence-corrected chi connectivity index (χ0v) is 15.1. The summed E-state index contributed by atoms with van der Waals surface area (Å²) in [7, 11) is 0. The van der Waals surface area contributed by atoms with Crippen LogP contribution in [0.1, 0.15) is 26.7 Å². The topological polar surface area (TPSA) is 9.23 Å². The van der Waals surface area contributed by atoms with Crippen LogP contribution in [-0.4, -0.2) is 6.10 Å². The SMILES string of the molecule is C=C/C=C\C=C(/C=C)C(C)C1CC(CC)OC(=C/C=C)/C1=C\C=C. The third-order valence-electron chi connectivity index (χ3n) is 4.42. The highest BCUT2D eigenvalue weighted by molar-refractivity contribution is 5.38. The Morgan fingerprint density at radius 2 is 1.83 bits per heavy atom. The molecule has 1 aliphatic rings. The second kappa shape index (κ2) is 10.5. The van der Waals surface area contributed by atoms with Crippen molar-refractivity contribution in [2.45, 2.75) is 32.8 Å². The minimum absolute atomic E-state index is 0.223. The molecule has 0 radical (unpaired) electrons. The van der Waals surface area contributed by atoms with E-state index in [9.17, 15) is 0 Å². The highest BCUT2D eigenvalue weighted by Gasteiger charge is 2.33. The normalized spacial score (nSPS) is 26.2. The third-order valence-corrected chi connectivity index (χ3v) is 4.42. The summed E-state index contributed by atoms with van der Waals surface area (Å²) in [6.07, 6.45) is 19.6. The van der Waals surface area contributed by atoms with Gasteiger partial charge in [-0.2, -0.15) is 0 Å². The Bertz CT molecular complexity index is 583. The van der Waals surface area contributed by atoms with E-state index in [4.69, 9.17) is 4.74 Å². The maximum absolute atomic E-state index is 6.13. The first-order valence-electron chi connectivity index (χ1n) is 8.56. The third kappa shape index (κ3) is 5.13. The van der Waals surface area contributed by atoms with Crippen molar-refractivity contribution in [1.82, 2.24) is 0 Å². The summed E-state index contributed by atoms with van der Waals surface area (Å²) in [6, 6.07) is 0. The van der Waals surface area contributed by atoms with Gasteiger partial charge in [0.1, 0.15) is 5.76 Å². The van der Waals surface area contributed by atoms with Crippen molar-refractivity contribution >= 4 is 0 Å². The summed E-state index contributed by atoms with van der Waals surface area (Å²) in [5, 5.41) is 0. The molecule has 128 valence electrons. The van der Waals surface area contributed by atoms with Gasteiger partial charge >= 0.3 is 0 Å². The van der Waals surface area contributed by atoms with Crippen molar-refractivity contribution in [1.29, 1.82) is 0 Å². The Labute approximate surface area is 147 Å². The zero-order valence-electron chi connectivity index (χ0n) is 15.1. The Morgan fingerprint density at radius 1 is 1.12 bits per heavy atom. The molecule has 3 unspecified atom stereocenters. The summed E-state index contributed by atoms with van der Waals surface area (Å²) in [4.78, 5) is 0. The molecule has 1 aliphatic heterocycles. The van der Waals surface area contributed by atoms with Crippen molar-refractivity contribution in [3.63, 3.8) is 0 Å². The fourth-order valence-electron chi connectivity index (χ4n) is 3.07. The molecular weight excluding hydrogens is 292 g/mol. The zero-order chi connectivity index (χ0) is 17.9. The van der Waals surface area contributed by atoms with Crippen LogP contribution in [0, 0.1) is 11.8 Å². The molecule has 3 atom stereocenters. The average Bonchev–Trinajstić information content (AvgIpc) is 2.60. The van der Waals surface area contributed by atoms with Gasteiger partial charge in [-0.25, -0.2) is 0 Å². The standard InChI is InChI=1S/C23H30O/c1-7-12-13-16-19(10-4)18(6)22-17-20(11-5)24-23(15-9-3)21(22)14-8-2/h7-10,12-16,18,20,22H,1-4,11,17H2,5-6H3/b13-12-,19-16+,21-14-,23-15+. The lowest BCUT2D eigenvalue weighted by atomic mass is 9.75. The lowest BCUT2D eigenvalue weighted by Gasteiger charge is -2.37. The molecule has 1 fully saturated rings. The molecule has 1 heteroatoms. The van der Waals surface area contributed by atoms with E-state index < -0.39 is 0 Å². The van der Waals surface area contributed by atoms with Crippen LogP contribution in [0.3, 0.4) is 0 Å². The molecule has 1 heterocycles. The monoisotopic (exact) mass is 322 g/mol. The molecule has 0 aliphatic carbocycles. The number of hydrogen-bond donors (Lipinski definition) is 0. The van der Waals surface area contributed by atoms with Crippen molar-refractivity contribution in [3.05, 3.63) is 97.9 Å². The van der Waals surface area contributed by atoms with E-state index in [2.05, 4.69) is 52.3 Å². The van der Waals surface area contributed by atoms with Gasteiger partial charge in [0, 0.05) is 0 Å². The van der Waals surface area contributed by atoms with Gasteiger partial charge in [0.25, 0.3) is 0 Å². The van der Waals surface area contributed by atoms with Crippen molar-refractivity contribution < 1.29 is 4.74 Å². The number of hydrogen-bond acceptors (Lipinski definition) is 1. The summed E-state index contributed by atoms with van der Waals surface area (Å²) < 4.78 is 6.13. The van der Waals surface area contributed by atoms with Gasteiger partial charge in [0.15, 0.2) is 0 Å². The predicted octanol–water partition coefficient (Wildman–Crippen LogP) is 6.47. The van der Waals surface area contributed by atoms with E-state index in [0.717, 1.165) is 18.6 Å². The van der Waals surface area contributed by atoms with Crippen LogP contribution < -0.4 is 0 Å². The Kier molecular flexibility index (Phi) is 8.64. The Hall–Kier alpha value is -2.28. The quantitative estimate of drug-likeness (QED) is 0.465. The van der Waals surface area contributed by atoms with Crippen LogP contribution in [-0.2, 0) is 4.74 Å². The van der Waals surface area contributed by atoms with E-state index >= 15 is 0 Å². The maximum Gasteiger partial charge on any atom is 0.123 e. The van der Waals surface area contributed by atoms with E-state index in [1.54, 1.807) is 12.2 Å². The van der Waals surface area contributed by atoms with Crippen molar-refractivity contribution in [2.75, 3.05) is 0 Å². The maximum atomic E-state index is 6.13. The minimum atomic E-state index is 0.223. The van der Waals surface area contributed by atoms with Gasteiger partial charge in [-0.15, -0.1) is 0 Å². The van der Waals surface area contributed by atoms with E-state index in [0.29, 0.717) is 11.8 Å². The lowest BCUT2D eigenvalue weighted by Crippen LogP contribution is -2.30. The molecule has 0 aromatic heterocycles. The molecule has 0 N–H and O–H groups in total.